The Balaban J connectivity index is 1.97. The molecule has 1 N–H and O–H groups in total. The van der Waals surface area contributed by atoms with E-state index in [-0.39, 0.29) is 19.1 Å². The third-order valence-corrected chi connectivity index (χ3v) is 3.23. The molecule has 0 spiro atoms. The number of rotatable bonds is 6. The van der Waals surface area contributed by atoms with Gasteiger partial charge < -0.3 is 14.7 Å². The predicted molar refractivity (Wildman–Crippen MR) is 76.0 cm³/mol. The molecule has 1 amide bonds. The van der Waals surface area contributed by atoms with Gasteiger partial charge in [0.25, 0.3) is 5.91 Å². The molecule has 2 rings (SSSR count). The van der Waals surface area contributed by atoms with Crippen LogP contribution in [-0.2, 0) is 9.53 Å². The summed E-state index contributed by atoms with van der Waals surface area (Å²) in [5.74, 6) is -0.0293. The number of amides is 1. The smallest absolute Gasteiger partial charge is 0.252 e. The molecule has 0 atom stereocenters. The number of aliphatic hydroxyl groups excluding tert-OH is 1. The van der Waals surface area contributed by atoms with Crippen LogP contribution in [0.1, 0.15) is 0 Å². The standard InChI is InChI=1S/C13H16N2O3S/c16-7-9-18-8-6-14-10-12(17)15(13(14)19)11-4-2-1-3-5-11/h1-5,16H,6-10H2. The lowest BCUT2D eigenvalue weighted by Gasteiger charge is -2.20. The lowest BCUT2D eigenvalue weighted by Crippen LogP contribution is -2.34. The minimum Gasteiger partial charge on any atom is -0.394 e. The zero-order valence-corrected chi connectivity index (χ0v) is 11.3. The number of carbonyl (C=O) groups is 1. The molecule has 5 nitrogen and oxygen atoms in total. The van der Waals surface area contributed by atoms with Crippen LogP contribution >= 0.6 is 12.2 Å². The van der Waals surface area contributed by atoms with Crippen LogP contribution in [0.3, 0.4) is 0 Å². The van der Waals surface area contributed by atoms with E-state index < -0.39 is 0 Å². The Morgan fingerprint density at radius 1 is 1.26 bits per heavy atom. The van der Waals surface area contributed by atoms with Gasteiger partial charge in [-0.05, 0) is 24.4 Å². The van der Waals surface area contributed by atoms with Crippen LogP contribution in [0.5, 0.6) is 0 Å². The quantitative estimate of drug-likeness (QED) is 0.612. The largest absolute Gasteiger partial charge is 0.394 e. The van der Waals surface area contributed by atoms with Gasteiger partial charge in [-0.25, -0.2) is 0 Å². The Labute approximate surface area is 117 Å². The molecule has 0 bridgehead atoms. The summed E-state index contributed by atoms with van der Waals surface area (Å²) < 4.78 is 5.19. The van der Waals surface area contributed by atoms with E-state index in [0.717, 1.165) is 5.69 Å². The van der Waals surface area contributed by atoms with Crippen LogP contribution in [0, 0.1) is 0 Å². The summed E-state index contributed by atoms with van der Waals surface area (Å²) in [6.07, 6.45) is 0. The maximum atomic E-state index is 12.0. The number of hydrogen-bond donors (Lipinski definition) is 1. The van der Waals surface area contributed by atoms with Gasteiger partial charge in [0.1, 0.15) is 6.54 Å². The fraction of sp³-hybridized carbons (Fsp3) is 0.385. The van der Waals surface area contributed by atoms with Gasteiger partial charge in [-0.2, -0.15) is 0 Å². The SMILES string of the molecule is O=C1CN(CCOCCO)C(=S)N1c1ccccc1. The van der Waals surface area contributed by atoms with Crippen molar-refractivity contribution >= 4 is 28.9 Å². The molecule has 0 unspecified atom stereocenters. The number of para-hydroxylation sites is 1. The van der Waals surface area contributed by atoms with Crippen molar-refractivity contribution in [2.75, 3.05) is 37.8 Å². The molecular formula is C13H16N2O3S. The number of nitrogens with zero attached hydrogens (tertiary/aromatic N) is 2. The summed E-state index contributed by atoms with van der Waals surface area (Å²) in [4.78, 5) is 15.4. The molecule has 1 saturated heterocycles. The number of hydrogen-bond acceptors (Lipinski definition) is 4. The first-order valence-electron chi connectivity index (χ1n) is 6.09. The number of anilines is 1. The Morgan fingerprint density at radius 2 is 2.00 bits per heavy atom. The normalized spacial score (nSPS) is 15.4. The summed E-state index contributed by atoms with van der Waals surface area (Å²) in [5, 5.41) is 9.12. The van der Waals surface area contributed by atoms with E-state index in [4.69, 9.17) is 22.1 Å². The Kier molecular flexibility index (Phi) is 4.84. The molecule has 0 aromatic heterocycles. The minimum absolute atomic E-state index is 0.000479. The van der Waals surface area contributed by atoms with E-state index in [1.165, 1.54) is 0 Å². The highest BCUT2D eigenvalue weighted by atomic mass is 32.1. The number of benzene rings is 1. The molecular weight excluding hydrogens is 264 g/mol. The van der Waals surface area contributed by atoms with Crippen molar-refractivity contribution in [1.29, 1.82) is 0 Å². The topological polar surface area (TPSA) is 53.0 Å². The first-order chi connectivity index (χ1) is 9.24. The van der Waals surface area contributed by atoms with E-state index in [2.05, 4.69) is 0 Å². The molecule has 19 heavy (non-hydrogen) atoms. The van der Waals surface area contributed by atoms with Crippen LogP contribution in [-0.4, -0.2) is 53.9 Å². The molecule has 0 saturated carbocycles. The van der Waals surface area contributed by atoms with E-state index in [1.54, 1.807) is 4.90 Å². The van der Waals surface area contributed by atoms with Crippen molar-refractivity contribution in [2.45, 2.75) is 0 Å². The van der Waals surface area contributed by atoms with Gasteiger partial charge in [0.15, 0.2) is 5.11 Å². The van der Waals surface area contributed by atoms with Crippen molar-refractivity contribution in [3.8, 4) is 0 Å². The average Bonchev–Trinajstić information content (AvgIpc) is 2.71. The fourth-order valence-corrected chi connectivity index (χ4v) is 2.26. The van der Waals surface area contributed by atoms with Gasteiger partial charge in [0, 0.05) is 6.54 Å². The molecule has 1 heterocycles. The minimum atomic E-state index is -0.0293. The number of carbonyl (C=O) groups excluding carboxylic acids is 1. The van der Waals surface area contributed by atoms with Crippen LogP contribution < -0.4 is 4.90 Å². The Bertz CT molecular complexity index is 452. The summed E-state index contributed by atoms with van der Waals surface area (Å²) in [6.45, 7) is 1.57. The summed E-state index contributed by atoms with van der Waals surface area (Å²) in [5.41, 5.74) is 0.788. The van der Waals surface area contributed by atoms with Crippen molar-refractivity contribution in [3.63, 3.8) is 0 Å². The zero-order valence-electron chi connectivity index (χ0n) is 10.5. The summed E-state index contributed by atoms with van der Waals surface area (Å²) in [7, 11) is 0. The van der Waals surface area contributed by atoms with Crippen molar-refractivity contribution in [1.82, 2.24) is 4.90 Å². The number of ether oxygens (including phenoxy) is 1. The highest BCUT2D eigenvalue weighted by Crippen LogP contribution is 2.20. The molecule has 1 aromatic rings. The molecule has 1 fully saturated rings. The Hall–Kier alpha value is -1.50. The van der Waals surface area contributed by atoms with E-state index in [1.807, 2.05) is 35.2 Å². The van der Waals surface area contributed by atoms with Gasteiger partial charge in [-0.3, -0.25) is 9.69 Å². The van der Waals surface area contributed by atoms with Crippen molar-refractivity contribution in [3.05, 3.63) is 30.3 Å². The monoisotopic (exact) mass is 280 g/mol. The van der Waals surface area contributed by atoms with E-state index in [9.17, 15) is 4.79 Å². The van der Waals surface area contributed by atoms with Gasteiger partial charge in [-0.15, -0.1) is 0 Å². The first-order valence-corrected chi connectivity index (χ1v) is 6.50. The molecule has 0 aliphatic carbocycles. The van der Waals surface area contributed by atoms with E-state index >= 15 is 0 Å². The second-order valence-corrected chi connectivity index (χ2v) is 4.47. The van der Waals surface area contributed by atoms with Crippen molar-refractivity contribution in [2.24, 2.45) is 0 Å². The second-order valence-electron chi connectivity index (χ2n) is 4.10. The Morgan fingerprint density at radius 3 is 2.68 bits per heavy atom. The fourth-order valence-electron chi connectivity index (χ4n) is 1.90. The third kappa shape index (κ3) is 3.28. The summed E-state index contributed by atoms with van der Waals surface area (Å²) >= 11 is 5.33. The second kappa shape index (κ2) is 6.60. The molecule has 1 aliphatic rings. The van der Waals surface area contributed by atoms with Crippen LogP contribution in [0.2, 0.25) is 0 Å². The van der Waals surface area contributed by atoms with Crippen LogP contribution in [0.15, 0.2) is 30.3 Å². The lowest BCUT2D eigenvalue weighted by molar-refractivity contribution is -0.116. The van der Waals surface area contributed by atoms with Crippen LogP contribution in [0.4, 0.5) is 5.69 Å². The lowest BCUT2D eigenvalue weighted by atomic mass is 10.3. The van der Waals surface area contributed by atoms with Crippen molar-refractivity contribution < 1.29 is 14.6 Å². The van der Waals surface area contributed by atoms with Gasteiger partial charge in [0.2, 0.25) is 0 Å². The third-order valence-electron chi connectivity index (χ3n) is 2.79. The maximum Gasteiger partial charge on any atom is 0.252 e. The molecule has 6 heteroatoms. The molecule has 1 aromatic carbocycles. The molecule has 1 aliphatic heterocycles. The molecule has 0 radical (unpaired) electrons. The average molecular weight is 280 g/mol. The summed E-state index contributed by atoms with van der Waals surface area (Å²) in [6, 6.07) is 9.36. The van der Waals surface area contributed by atoms with Crippen LogP contribution in [0.25, 0.3) is 0 Å². The highest BCUT2D eigenvalue weighted by Gasteiger charge is 2.33. The highest BCUT2D eigenvalue weighted by molar-refractivity contribution is 7.80. The van der Waals surface area contributed by atoms with Gasteiger partial charge in [0.05, 0.1) is 25.5 Å². The maximum absolute atomic E-state index is 12.0. The zero-order chi connectivity index (χ0) is 13.7. The van der Waals surface area contributed by atoms with Gasteiger partial charge >= 0.3 is 0 Å². The van der Waals surface area contributed by atoms with E-state index in [0.29, 0.717) is 24.9 Å². The molecule has 102 valence electrons. The number of aliphatic hydroxyl groups is 1. The van der Waals surface area contributed by atoms with Gasteiger partial charge in [-0.1, -0.05) is 18.2 Å². The first kappa shape index (κ1) is 13.9. The number of thiocarbonyl (C=S) groups is 1. The predicted octanol–water partition coefficient (Wildman–Crippen LogP) is 0.629.